The Hall–Kier alpha value is -2.13. The minimum absolute atomic E-state index is 0.0907. The summed E-state index contributed by atoms with van der Waals surface area (Å²) in [6.45, 7) is 9.19. The second-order valence-electron chi connectivity index (χ2n) is 8.58. The molecular formula is C24H33ClN4O3S. The highest BCUT2D eigenvalue weighted by atomic mass is 35.5. The number of sulfonamides is 1. The van der Waals surface area contributed by atoms with Gasteiger partial charge in [-0.15, -0.1) is 0 Å². The van der Waals surface area contributed by atoms with Gasteiger partial charge in [0.25, 0.3) is 10.0 Å². The van der Waals surface area contributed by atoms with Crippen molar-refractivity contribution in [3.8, 4) is 0 Å². The van der Waals surface area contributed by atoms with Crippen LogP contribution in [0.5, 0.6) is 0 Å². The summed E-state index contributed by atoms with van der Waals surface area (Å²) >= 11 is 5.94. The molecule has 1 N–H and O–H groups in total. The SMILES string of the molecule is Cc1ccc(N(CC(=O)NCCCN2CCN(C)CC2)S(=O)(=O)c2ccc(Cl)cc2)cc1C. The lowest BCUT2D eigenvalue weighted by Gasteiger charge is -2.32. The van der Waals surface area contributed by atoms with E-state index in [0.29, 0.717) is 17.3 Å². The zero-order chi connectivity index (χ0) is 24.0. The molecule has 0 spiro atoms. The lowest BCUT2D eigenvalue weighted by molar-refractivity contribution is -0.119. The maximum absolute atomic E-state index is 13.4. The molecule has 0 aromatic heterocycles. The van der Waals surface area contributed by atoms with Gasteiger partial charge >= 0.3 is 0 Å². The van der Waals surface area contributed by atoms with Gasteiger partial charge in [0.2, 0.25) is 5.91 Å². The third-order valence-corrected chi connectivity index (χ3v) is 8.08. The molecule has 0 aliphatic carbocycles. The van der Waals surface area contributed by atoms with Gasteiger partial charge in [-0.3, -0.25) is 9.10 Å². The molecule has 1 heterocycles. The predicted octanol–water partition coefficient (Wildman–Crippen LogP) is 2.91. The number of halogens is 1. The van der Waals surface area contributed by atoms with Gasteiger partial charge in [-0.2, -0.15) is 0 Å². The quantitative estimate of drug-likeness (QED) is 0.545. The van der Waals surface area contributed by atoms with Crippen LogP contribution in [0.3, 0.4) is 0 Å². The molecule has 0 radical (unpaired) electrons. The Morgan fingerprint density at radius 1 is 1.03 bits per heavy atom. The summed E-state index contributed by atoms with van der Waals surface area (Å²) in [4.78, 5) is 17.5. The molecule has 33 heavy (non-hydrogen) atoms. The summed E-state index contributed by atoms with van der Waals surface area (Å²) in [7, 11) is -1.83. The molecule has 9 heteroatoms. The number of benzene rings is 2. The van der Waals surface area contributed by atoms with E-state index >= 15 is 0 Å². The van der Waals surface area contributed by atoms with Gasteiger partial charge in [0, 0.05) is 37.7 Å². The average Bonchev–Trinajstić information content (AvgIpc) is 2.78. The average molecular weight is 493 g/mol. The fourth-order valence-electron chi connectivity index (χ4n) is 3.72. The largest absolute Gasteiger partial charge is 0.354 e. The van der Waals surface area contributed by atoms with Crippen LogP contribution in [0.1, 0.15) is 17.5 Å². The number of amides is 1. The standard InChI is InChI=1S/C24H33ClN4O3S/c1-19-5-8-22(17-20(19)2)29(33(31,32)23-9-6-21(25)7-10-23)18-24(30)26-11-4-12-28-15-13-27(3)14-16-28/h5-10,17H,4,11-16,18H2,1-3H3,(H,26,30). The van der Waals surface area contributed by atoms with Gasteiger partial charge in [-0.25, -0.2) is 8.42 Å². The number of hydrogen-bond acceptors (Lipinski definition) is 5. The summed E-state index contributed by atoms with van der Waals surface area (Å²) in [5, 5.41) is 3.34. The molecule has 0 bridgehead atoms. The van der Waals surface area contributed by atoms with Crippen molar-refractivity contribution < 1.29 is 13.2 Å². The summed E-state index contributed by atoms with van der Waals surface area (Å²) in [5.74, 6) is -0.329. The van der Waals surface area contributed by atoms with Crippen LogP contribution in [0.15, 0.2) is 47.4 Å². The fourth-order valence-corrected chi connectivity index (χ4v) is 5.26. The fraction of sp³-hybridized carbons (Fsp3) is 0.458. The van der Waals surface area contributed by atoms with E-state index in [4.69, 9.17) is 11.6 Å². The van der Waals surface area contributed by atoms with Crippen LogP contribution in [0.25, 0.3) is 0 Å². The monoisotopic (exact) mass is 492 g/mol. The van der Waals surface area contributed by atoms with E-state index in [1.54, 1.807) is 12.1 Å². The Balaban J connectivity index is 1.68. The first kappa shape index (κ1) is 25.5. The molecule has 1 amide bonds. The summed E-state index contributed by atoms with van der Waals surface area (Å²) < 4.78 is 28.0. The van der Waals surface area contributed by atoms with E-state index in [1.807, 2.05) is 19.9 Å². The van der Waals surface area contributed by atoms with Crippen molar-refractivity contribution in [3.05, 3.63) is 58.6 Å². The van der Waals surface area contributed by atoms with Crippen molar-refractivity contribution in [1.82, 2.24) is 15.1 Å². The van der Waals surface area contributed by atoms with Crippen LogP contribution < -0.4 is 9.62 Å². The normalized spacial score (nSPS) is 15.4. The van der Waals surface area contributed by atoms with Crippen molar-refractivity contribution in [3.63, 3.8) is 0 Å². The minimum atomic E-state index is -3.95. The number of aryl methyl sites for hydroxylation is 2. The third-order valence-electron chi connectivity index (χ3n) is 6.04. The molecule has 0 unspecified atom stereocenters. The van der Waals surface area contributed by atoms with Crippen LogP contribution >= 0.6 is 11.6 Å². The van der Waals surface area contributed by atoms with E-state index < -0.39 is 10.0 Å². The van der Waals surface area contributed by atoms with Gasteiger partial charge in [-0.05, 0) is 81.4 Å². The third kappa shape index (κ3) is 6.93. The molecule has 1 aliphatic heterocycles. The Morgan fingerprint density at radius 3 is 2.33 bits per heavy atom. The molecule has 0 atom stereocenters. The van der Waals surface area contributed by atoms with E-state index in [1.165, 1.54) is 28.6 Å². The van der Waals surface area contributed by atoms with Crippen molar-refractivity contribution in [2.24, 2.45) is 0 Å². The number of carbonyl (C=O) groups excluding carboxylic acids is 1. The number of piperazine rings is 1. The summed E-state index contributed by atoms with van der Waals surface area (Å²) in [5.41, 5.74) is 2.47. The molecule has 2 aromatic carbocycles. The van der Waals surface area contributed by atoms with Crippen LogP contribution in [0.4, 0.5) is 5.69 Å². The molecule has 7 nitrogen and oxygen atoms in total. The Labute approximate surface area is 202 Å². The van der Waals surface area contributed by atoms with Gasteiger partial charge in [-0.1, -0.05) is 17.7 Å². The molecule has 1 fully saturated rings. The van der Waals surface area contributed by atoms with Crippen LogP contribution in [-0.2, 0) is 14.8 Å². The van der Waals surface area contributed by atoms with Crippen molar-refractivity contribution >= 4 is 33.2 Å². The van der Waals surface area contributed by atoms with E-state index in [0.717, 1.165) is 50.3 Å². The maximum Gasteiger partial charge on any atom is 0.264 e. The molecule has 1 saturated heterocycles. The maximum atomic E-state index is 13.4. The zero-order valence-corrected chi connectivity index (χ0v) is 21.1. The van der Waals surface area contributed by atoms with Crippen LogP contribution in [0.2, 0.25) is 5.02 Å². The molecule has 0 saturated carbocycles. The second kappa shape index (κ2) is 11.3. The minimum Gasteiger partial charge on any atom is -0.354 e. The Bertz CT molecular complexity index is 1050. The lowest BCUT2D eigenvalue weighted by Crippen LogP contribution is -2.45. The van der Waals surface area contributed by atoms with Gasteiger partial charge in [0.1, 0.15) is 6.54 Å². The Kier molecular flexibility index (Phi) is 8.75. The first-order valence-corrected chi connectivity index (χ1v) is 13.0. The highest BCUT2D eigenvalue weighted by Crippen LogP contribution is 2.26. The second-order valence-corrected chi connectivity index (χ2v) is 10.9. The van der Waals surface area contributed by atoms with Gasteiger partial charge < -0.3 is 15.1 Å². The van der Waals surface area contributed by atoms with E-state index in [2.05, 4.69) is 22.2 Å². The smallest absolute Gasteiger partial charge is 0.264 e. The van der Waals surface area contributed by atoms with E-state index in [-0.39, 0.29) is 17.3 Å². The highest BCUT2D eigenvalue weighted by Gasteiger charge is 2.27. The number of likely N-dealkylation sites (N-methyl/N-ethyl adjacent to an activating group) is 1. The molecule has 2 aromatic rings. The van der Waals surface area contributed by atoms with E-state index in [9.17, 15) is 13.2 Å². The predicted molar refractivity (Wildman–Crippen MR) is 133 cm³/mol. The number of rotatable bonds is 9. The first-order valence-electron chi connectivity index (χ1n) is 11.2. The molecule has 3 rings (SSSR count). The summed E-state index contributed by atoms with van der Waals surface area (Å²) in [6, 6.07) is 11.4. The highest BCUT2D eigenvalue weighted by molar-refractivity contribution is 7.92. The number of hydrogen-bond donors (Lipinski definition) is 1. The first-order chi connectivity index (χ1) is 15.7. The molecular weight excluding hydrogens is 460 g/mol. The molecule has 180 valence electrons. The zero-order valence-electron chi connectivity index (χ0n) is 19.6. The van der Waals surface area contributed by atoms with Gasteiger partial charge in [0.05, 0.1) is 10.6 Å². The number of carbonyl (C=O) groups is 1. The van der Waals surface area contributed by atoms with Crippen molar-refractivity contribution in [1.29, 1.82) is 0 Å². The summed E-state index contributed by atoms with van der Waals surface area (Å²) in [6.07, 6.45) is 0.822. The number of anilines is 1. The van der Waals surface area contributed by atoms with Crippen molar-refractivity contribution in [2.75, 3.05) is 57.2 Å². The number of nitrogens with one attached hydrogen (secondary N) is 1. The lowest BCUT2D eigenvalue weighted by atomic mass is 10.1. The Morgan fingerprint density at radius 2 is 1.70 bits per heavy atom. The van der Waals surface area contributed by atoms with Gasteiger partial charge in [0.15, 0.2) is 0 Å². The molecule has 1 aliphatic rings. The van der Waals surface area contributed by atoms with Crippen LogP contribution in [-0.4, -0.2) is 77.0 Å². The van der Waals surface area contributed by atoms with Crippen molar-refractivity contribution in [2.45, 2.75) is 25.2 Å². The topological polar surface area (TPSA) is 73.0 Å². The van der Waals surface area contributed by atoms with Crippen LogP contribution in [0, 0.1) is 13.8 Å². The number of nitrogens with zero attached hydrogens (tertiary/aromatic N) is 3.